The molecule has 2 atom stereocenters. The zero-order valence-corrected chi connectivity index (χ0v) is 23.3. The Balaban J connectivity index is 1.80. The Kier molecular flexibility index (Phi) is 9.53. The number of amides is 2. The summed E-state index contributed by atoms with van der Waals surface area (Å²) < 4.78 is 41.0. The molecule has 7 nitrogen and oxygen atoms in total. The molecule has 1 aliphatic heterocycles. The Hall–Kier alpha value is -3.27. The zero-order chi connectivity index (χ0) is 29.0. The minimum atomic E-state index is -4.53. The number of nitrogens with zero attached hydrogens (tertiary/aromatic N) is 1. The molecule has 1 unspecified atom stereocenters. The largest absolute Gasteiger partial charge is 0.416 e. The van der Waals surface area contributed by atoms with Crippen LogP contribution in [0.15, 0.2) is 47.9 Å². The molecule has 3 rings (SSSR count). The van der Waals surface area contributed by atoms with Crippen LogP contribution >= 0.6 is 0 Å². The Bertz CT molecular complexity index is 1170. The first-order valence-electron chi connectivity index (χ1n) is 13.3. The molecule has 214 valence electrons. The average Bonchev–Trinajstić information content (AvgIpc) is 3.67. The molecule has 0 aromatic heterocycles. The van der Waals surface area contributed by atoms with Gasteiger partial charge in [-0.2, -0.15) is 13.2 Å². The van der Waals surface area contributed by atoms with Crippen molar-refractivity contribution in [3.63, 3.8) is 0 Å². The number of hydrogen-bond acceptors (Lipinski definition) is 5. The van der Waals surface area contributed by atoms with E-state index in [1.807, 2.05) is 6.92 Å². The average molecular weight is 548 g/mol. The van der Waals surface area contributed by atoms with Gasteiger partial charge in [0.1, 0.15) is 0 Å². The summed E-state index contributed by atoms with van der Waals surface area (Å²) >= 11 is 0. The molecule has 2 fully saturated rings. The van der Waals surface area contributed by atoms with Crippen molar-refractivity contribution < 1.29 is 22.8 Å². The van der Waals surface area contributed by atoms with Crippen LogP contribution in [0.3, 0.4) is 0 Å². The highest BCUT2D eigenvalue weighted by Gasteiger charge is 2.52. The second-order valence-corrected chi connectivity index (χ2v) is 10.8. The fourth-order valence-corrected chi connectivity index (χ4v) is 5.08. The van der Waals surface area contributed by atoms with E-state index < -0.39 is 23.1 Å². The van der Waals surface area contributed by atoms with Gasteiger partial charge in [-0.1, -0.05) is 13.8 Å². The van der Waals surface area contributed by atoms with Gasteiger partial charge in [-0.05, 0) is 86.2 Å². The van der Waals surface area contributed by atoms with Crippen LogP contribution in [0.4, 0.5) is 13.2 Å². The minimum absolute atomic E-state index is 0.0462. The molecule has 0 radical (unpaired) electrons. The van der Waals surface area contributed by atoms with Crippen molar-refractivity contribution in [2.45, 2.75) is 52.8 Å². The van der Waals surface area contributed by atoms with Gasteiger partial charge in [0.15, 0.2) is 0 Å². The summed E-state index contributed by atoms with van der Waals surface area (Å²) in [6.07, 6.45) is 3.35. The number of rotatable bonds is 11. The summed E-state index contributed by atoms with van der Waals surface area (Å²) in [6.45, 7) is 6.25. The summed E-state index contributed by atoms with van der Waals surface area (Å²) in [6, 6.07) is 3.80. The monoisotopic (exact) mass is 547 g/mol. The highest BCUT2D eigenvalue weighted by Crippen LogP contribution is 2.52. The highest BCUT2D eigenvalue weighted by molar-refractivity contribution is 5.87. The summed E-state index contributed by atoms with van der Waals surface area (Å²) in [4.78, 5) is 28.0. The lowest BCUT2D eigenvalue weighted by atomic mass is 9.83. The van der Waals surface area contributed by atoms with Crippen molar-refractivity contribution in [1.82, 2.24) is 20.9 Å². The first-order valence-corrected chi connectivity index (χ1v) is 13.3. The number of alkyl halides is 3. The van der Waals surface area contributed by atoms with Crippen LogP contribution in [0.2, 0.25) is 0 Å². The first kappa shape index (κ1) is 30.3. The molecule has 1 saturated carbocycles. The summed E-state index contributed by atoms with van der Waals surface area (Å²) in [5.74, 6) is -0.573. The van der Waals surface area contributed by atoms with Gasteiger partial charge in [-0.15, -0.1) is 0 Å². The third kappa shape index (κ3) is 7.44. The van der Waals surface area contributed by atoms with Crippen molar-refractivity contribution in [2.75, 3.05) is 27.2 Å². The van der Waals surface area contributed by atoms with E-state index in [1.54, 1.807) is 57.3 Å². The van der Waals surface area contributed by atoms with E-state index >= 15 is 0 Å². The fourth-order valence-electron chi connectivity index (χ4n) is 5.08. The Morgan fingerprint density at radius 3 is 2.51 bits per heavy atom. The minimum Gasteiger partial charge on any atom is -0.402 e. The lowest BCUT2D eigenvalue weighted by Crippen LogP contribution is -2.34. The number of benzene rings is 1. The van der Waals surface area contributed by atoms with Crippen LogP contribution in [-0.4, -0.2) is 43.9 Å². The lowest BCUT2D eigenvalue weighted by molar-refractivity contribution is -0.137. The number of carbonyl (C=O) groups excluding carboxylic acids is 2. The summed E-state index contributed by atoms with van der Waals surface area (Å²) in [5.41, 5.74) is 7.22. The van der Waals surface area contributed by atoms with Gasteiger partial charge in [0.05, 0.1) is 16.9 Å². The Morgan fingerprint density at radius 1 is 1.26 bits per heavy atom. The number of carbonyl (C=O) groups is 2. The third-order valence-electron chi connectivity index (χ3n) is 7.43. The molecule has 1 aromatic carbocycles. The molecular weight excluding hydrogens is 507 g/mol. The third-order valence-corrected chi connectivity index (χ3v) is 7.43. The molecule has 0 bridgehead atoms. The fraction of sp³-hybridized carbons (Fsp3) is 0.517. The van der Waals surface area contributed by atoms with Gasteiger partial charge in [0.25, 0.3) is 0 Å². The molecule has 0 spiro atoms. The topological polar surface area (TPSA) is 99.5 Å². The molecule has 39 heavy (non-hydrogen) atoms. The lowest BCUT2D eigenvalue weighted by Gasteiger charge is -2.24. The highest BCUT2D eigenvalue weighted by atomic mass is 19.4. The van der Waals surface area contributed by atoms with Crippen molar-refractivity contribution in [3.8, 4) is 0 Å². The Morgan fingerprint density at radius 2 is 1.95 bits per heavy atom. The predicted molar refractivity (Wildman–Crippen MR) is 147 cm³/mol. The molecule has 5 N–H and O–H groups in total. The Labute approximate surface area is 228 Å². The van der Waals surface area contributed by atoms with E-state index in [0.29, 0.717) is 47.1 Å². The van der Waals surface area contributed by atoms with E-state index in [2.05, 4.69) is 16.0 Å². The van der Waals surface area contributed by atoms with Crippen LogP contribution in [0.1, 0.15) is 56.7 Å². The van der Waals surface area contributed by atoms with Gasteiger partial charge < -0.3 is 26.6 Å². The number of likely N-dealkylation sites (tertiary alicyclic amines) is 1. The van der Waals surface area contributed by atoms with Crippen LogP contribution in [0, 0.1) is 17.3 Å². The summed E-state index contributed by atoms with van der Waals surface area (Å²) in [5, 5.41) is 8.58. The van der Waals surface area contributed by atoms with Gasteiger partial charge in [-0.25, -0.2) is 0 Å². The first-order chi connectivity index (χ1) is 18.3. The quantitative estimate of drug-likeness (QED) is 0.312. The van der Waals surface area contributed by atoms with Crippen molar-refractivity contribution in [2.24, 2.45) is 23.0 Å². The van der Waals surface area contributed by atoms with Crippen LogP contribution in [0.5, 0.6) is 0 Å². The van der Waals surface area contributed by atoms with E-state index in [-0.39, 0.29) is 18.4 Å². The second-order valence-electron chi connectivity index (χ2n) is 10.8. The molecule has 1 heterocycles. The molecule has 1 aromatic rings. The number of nitrogens with two attached hydrogens (primary N) is 1. The molecule has 1 saturated heterocycles. The van der Waals surface area contributed by atoms with E-state index in [4.69, 9.17) is 5.73 Å². The second kappa shape index (κ2) is 12.3. The molecular formula is C29H40F3N5O2. The maximum absolute atomic E-state index is 13.7. The molecule has 1 aliphatic carbocycles. The van der Waals surface area contributed by atoms with Gasteiger partial charge in [-0.3, -0.25) is 9.59 Å². The maximum atomic E-state index is 13.7. The molecule has 2 aliphatic rings. The molecule has 10 heteroatoms. The van der Waals surface area contributed by atoms with Crippen molar-refractivity contribution in [3.05, 3.63) is 64.6 Å². The van der Waals surface area contributed by atoms with Gasteiger partial charge in [0, 0.05) is 44.3 Å². The zero-order valence-electron chi connectivity index (χ0n) is 23.3. The van der Waals surface area contributed by atoms with Crippen LogP contribution in [0.25, 0.3) is 5.57 Å². The van der Waals surface area contributed by atoms with Crippen LogP contribution < -0.4 is 21.7 Å². The standard InChI is InChI=1S/C29H40F3N5O2/c1-18(10-25(11-19(2)33)37-9-8-28(3,27(37)39)23-6-7-23)26(38)36-15-20-12-21(22(16-34-4)17-35-5)14-24(13-20)29(30,31)32/h10-14,16,18,23,34-35H,6-9,15,17,33H2,1-5H3,(H,36,38)/b19-11-,22-16+,25-10+/t18?,28-/m0/s1. The number of halogens is 3. The van der Waals surface area contributed by atoms with Crippen molar-refractivity contribution in [1.29, 1.82) is 0 Å². The number of allylic oxidation sites excluding steroid dienone is 2. The predicted octanol–water partition coefficient (Wildman–Crippen LogP) is 4.13. The molecule has 2 amide bonds. The van der Waals surface area contributed by atoms with E-state index in [1.165, 1.54) is 0 Å². The van der Waals surface area contributed by atoms with E-state index in [9.17, 15) is 22.8 Å². The van der Waals surface area contributed by atoms with Crippen LogP contribution in [-0.2, 0) is 22.3 Å². The van der Waals surface area contributed by atoms with Gasteiger partial charge >= 0.3 is 6.18 Å². The van der Waals surface area contributed by atoms with E-state index in [0.717, 1.165) is 31.4 Å². The maximum Gasteiger partial charge on any atom is 0.416 e. The number of likely N-dealkylation sites (N-methyl/N-ethyl adjacent to an activating group) is 1. The SMILES string of the molecule is CN/C=C(\CNC)c1cc(CNC(=O)C(C)/C=C(\C=C(\C)N)N2CC[C@@](C)(C3CC3)C2=O)cc(C(F)(F)F)c1. The number of hydrogen-bond donors (Lipinski definition) is 4. The van der Waals surface area contributed by atoms with Gasteiger partial charge in [0.2, 0.25) is 11.8 Å². The summed E-state index contributed by atoms with van der Waals surface area (Å²) in [7, 11) is 3.39. The normalized spacial score (nSPS) is 21.8. The smallest absolute Gasteiger partial charge is 0.402 e. The van der Waals surface area contributed by atoms with Crippen molar-refractivity contribution >= 4 is 17.4 Å². The number of nitrogens with one attached hydrogen (secondary N) is 3.